The molecular weight excluding hydrogens is 346 g/mol. The maximum Gasteiger partial charge on any atom is 0.266 e. The van der Waals surface area contributed by atoms with Crippen molar-refractivity contribution < 1.29 is 19.0 Å². The standard InChI is InChI=1S/C17H19NO4S2/c1-20-12-5-6-14(21-2)11(8-12)9-15-16(19)18(17(23)24-15)10-13-4-3-7-22-13/h5-6,8-9,13H,3-4,7,10H2,1-2H3/b15-9-/t13-/m0/s1. The molecule has 2 fully saturated rings. The van der Waals surface area contributed by atoms with Crippen LogP contribution in [0, 0.1) is 0 Å². The number of carbonyl (C=O) groups excluding carboxylic acids is 1. The van der Waals surface area contributed by atoms with Crippen LogP contribution in [0.5, 0.6) is 11.5 Å². The van der Waals surface area contributed by atoms with E-state index < -0.39 is 0 Å². The zero-order valence-electron chi connectivity index (χ0n) is 13.6. The summed E-state index contributed by atoms with van der Waals surface area (Å²) in [5.41, 5.74) is 0.787. The first-order chi connectivity index (χ1) is 11.6. The Bertz CT molecular complexity index is 683. The van der Waals surface area contributed by atoms with E-state index in [1.165, 1.54) is 11.8 Å². The minimum atomic E-state index is -0.0784. The first-order valence-corrected chi connectivity index (χ1v) is 8.94. The lowest BCUT2D eigenvalue weighted by molar-refractivity contribution is -0.123. The zero-order chi connectivity index (χ0) is 17.1. The number of thioether (sulfide) groups is 1. The highest BCUT2D eigenvalue weighted by molar-refractivity contribution is 8.26. The summed E-state index contributed by atoms with van der Waals surface area (Å²) in [7, 11) is 3.20. The van der Waals surface area contributed by atoms with Crippen LogP contribution in [0.3, 0.4) is 0 Å². The summed E-state index contributed by atoms with van der Waals surface area (Å²) < 4.78 is 16.8. The van der Waals surface area contributed by atoms with E-state index in [-0.39, 0.29) is 12.0 Å². The summed E-state index contributed by atoms with van der Waals surface area (Å²) in [5.74, 6) is 1.31. The highest BCUT2D eigenvalue weighted by Crippen LogP contribution is 2.35. The lowest BCUT2D eigenvalue weighted by atomic mass is 10.1. The van der Waals surface area contributed by atoms with Crippen molar-refractivity contribution >= 4 is 40.3 Å². The van der Waals surface area contributed by atoms with Gasteiger partial charge in [-0.15, -0.1) is 0 Å². The summed E-state index contributed by atoms with van der Waals surface area (Å²) in [5, 5.41) is 0. The highest BCUT2D eigenvalue weighted by atomic mass is 32.2. The number of carbonyl (C=O) groups is 1. The fraction of sp³-hybridized carbons (Fsp3) is 0.412. The molecule has 2 aliphatic heterocycles. The number of methoxy groups -OCH3 is 2. The van der Waals surface area contributed by atoms with Crippen molar-refractivity contribution in [2.75, 3.05) is 27.4 Å². The fourth-order valence-corrected chi connectivity index (χ4v) is 4.01. The molecule has 128 valence electrons. The van der Waals surface area contributed by atoms with Crippen molar-refractivity contribution in [2.24, 2.45) is 0 Å². The summed E-state index contributed by atoms with van der Waals surface area (Å²) >= 11 is 6.68. The SMILES string of the molecule is COc1ccc(OC)c(/C=C2\SC(=S)N(C[C@@H]3CCCO3)C2=O)c1. The number of thiocarbonyl (C=S) groups is 1. The van der Waals surface area contributed by atoms with Crippen molar-refractivity contribution in [1.82, 2.24) is 4.90 Å². The molecule has 1 amide bonds. The third-order valence-electron chi connectivity index (χ3n) is 4.01. The fourth-order valence-electron chi connectivity index (χ4n) is 2.74. The number of ether oxygens (including phenoxy) is 3. The third kappa shape index (κ3) is 3.58. The quantitative estimate of drug-likeness (QED) is 0.590. The molecule has 2 heterocycles. The monoisotopic (exact) mass is 365 g/mol. The van der Waals surface area contributed by atoms with Crippen molar-refractivity contribution in [3.05, 3.63) is 28.7 Å². The van der Waals surface area contributed by atoms with Crippen molar-refractivity contribution in [1.29, 1.82) is 0 Å². The van der Waals surface area contributed by atoms with Gasteiger partial charge in [-0.3, -0.25) is 9.69 Å². The van der Waals surface area contributed by atoms with Gasteiger partial charge in [0.2, 0.25) is 0 Å². The van der Waals surface area contributed by atoms with Gasteiger partial charge in [-0.25, -0.2) is 0 Å². The Labute approximate surface area is 150 Å². The zero-order valence-corrected chi connectivity index (χ0v) is 15.2. The molecule has 0 aromatic heterocycles. The van der Waals surface area contributed by atoms with E-state index in [9.17, 15) is 4.79 Å². The van der Waals surface area contributed by atoms with Crippen molar-refractivity contribution in [3.63, 3.8) is 0 Å². The highest BCUT2D eigenvalue weighted by Gasteiger charge is 2.34. The van der Waals surface area contributed by atoms with Crippen LogP contribution in [-0.4, -0.2) is 48.6 Å². The summed E-state index contributed by atoms with van der Waals surface area (Å²) in [6, 6.07) is 5.47. The van der Waals surface area contributed by atoms with Gasteiger partial charge in [0.25, 0.3) is 5.91 Å². The van der Waals surface area contributed by atoms with E-state index in [2.05, 4.69) is 0 Å². The number of nitrogens with zero attached hydrogens (tertiary/aromatic N) is 1. The van der Waals surface area contributed by atoms with Gasteiger partial charge < -0.3 is 14.2 Å². The van der Waals surface area contributed by atoms with Gasteiger partial charge in [0.15, 0.2) is 0 Å². The Hall–Kier alpha value is -1.57. The molecule has 1 atom stereocenters. The van der Waals surface area contributed by atoms with E-state index >= 15 is 0 Å². The number of hydrogen-bond acceptors (Lipinski definition) is 6. The first kappa shape index (κ1) is 17.3. The predicted molar refractivity (Wildman–Crippen MR) is 98.4 cm³/mol. The van der Waals surface area contributed by atoms with Crippen LogP contribution in [0.2, 0.25) is 0 Å². The molecule has 2 aliphatic rings. The largest absolute Gasteiger partial charge is 0.497 e. The normalized spacial score (nSPS) is 22.5. The number of hydrogen-bond donors (Lipinski definition) is 0. The topological polar surface area (TPSA) is 48.0 Å². The van der Waals surface area contributed by atoms with E-state index in [4.69, 9.17) is 26.4 Å². The molecule has 3 rings (SSSR count). The second-order valence-electron chi connectivity index (χ2n) is 5.54. The third-order valence-corrected chi connectivity index (χ3v) is 5.39. The summed E-state index contributed by atoms with van der Waals surface area (Å²) in [6.07, 6.45) is 3.89. The second kappa shape index (κ2) is 7.55. The van der Waals surface area contributed by atoms with Crippen LogP contribution < -0.4 is 9.47 Å². The van der Waals surface area contributed by atoms with Crippen LogP contribution in [0.1, 0.15) is 18.4 Å². The molecule has 2 saturated heterocycles. The molecule has 24 heavy (non-hydrogen) atoms. The molecule has 0 saturated carbocycles. The first-order valence-electron chi connectivity index (χ1n) is 7.71. The van der Waals surface area contributed by atoms with E-state index in [0.717, 1.165) is 25.0 Å². The maximum absolute atomic E-state index is 12.7. The van der Waals surface area contributed by atoms with Crippen LogP contribution >= 0.6 is 24.0 Å². The molecule has 5 nitrogen and oxygen atoms in total. The second-order valence-corrected chi connectivity index (χ2v) is 7.21. The molecule has 1 aromatic carbocycles. The smallest absolute Gasteiger partial charge is 0.266 e. The van der Waals surface area contributed by atoms with Gasteiger partial charge >= 0.3 is 0 Å². The Morgan fingerprint density at radius 3 is 2.92 bits per heavy atom. The molecular formula is C17H19NO4S2. The lowest BCUT2D eigenvalue weighted by Gasteiger charge is -2.18. The molecule has 0 radical (unpaired) electrons. The molecule has 0 spiro atoms. The lowest BCUT2D eigenvalue weighted by Crippen LogP contribution is -2.35. The Kier molecular flexibility index (Phi) is 5.43. The van der Waals surface area contributed by atoms with Gasteiger partial charge in [-0.1, -0.05) is 24.0 Å². The maximum atomic E-state index is 12.7. The molecule has 0 unspecified atom stereocenters. The number of rotatable bonds is 5. The Morgan fingerprint density at radius 1 is 1.42 bits per heavy atom. The average Bonchev–Trinajstić information content (AvgIpc) is 3.19. The van der Waals surface area contributed by atoms with E-state index in [0.29, 0.717) is 27.3 Å². The summed E-state index contributed by atoms with van der Waals surface area (Å²) in [6.45, 7) is 1.29. The average molecular weight is 365 g/mol. The predicted octanol–water partition coefficient (Wildman–Crippen LogP) is 3.08. The molecule has 0 aliphatic carbocycles. The minimum Gasteiger partial charge on any atom is -0.497 e. The van der Waals surface area contributed by atoms with Gasteiger partial charge in [-0.05, 0) is 37.1 Å². The van der Waals surface area contributed by atoms with E-state index in [1.54, 1.807) is 25.2 Å². The van der Waals surface area contributed by atoms with Crippen molar-refractivity contribution in [2.45, 2.75) is 18.9 Å². The Morgan fingerprint density at radius 2 is 2.25 bits per heavy atom. The molecule has 1 aromatic rings. The van der Waals surface area contributed by atoms with Gasteiger partial charge in [0.1, 0.15) is 15.8 Å². The molecule has 0 bridgehead atoms. The van der Waals surface area contributed by atoms with Crippen LogP contribution in [0.4, 0.5) is 0 Å². The van der Waals surface area contributed by atoms with Crippen LogP contribution in [-0.2, 0) is 9.53 Å². The van der Waals surface area contributed by atoms with Gasteiger partial charge in [-0.2, -0.15) is 0 Å². The van der Waals surface area contributed by atoms with E-state index in [1.807, 2.05) is 18.2 Å². The Balaban J connectivity index is 1.83. The number of amides is 1. The minimum absolute atomic E-state index is 0.0784. The van der Waals surface area contributed by atoms with Crippen LogP contribution in [0.15, 0.2) is 23.1 Å². The van der Waals surface area contributed by atoms with Gasteiger partial charge in [0, 0.05) is 12.2 Å². The molecule has 7 heteroatoms. The van der Waals surface area contributed by atoms with Crippen LogP contribution in [0.25, 0.3) is 6.08 Å². The number of benzene rings is 1. The van der Waals surface area contributed by atoms with Crippen molar-refractivity contribution in [3.8, 4) is 11.5 Å². The summed E-state index contributed by atoms with van der Waals surface area (Å²) in [4.78, 5) is 14.9. The molecule has 0 N–H and O–H groups in total. The van der Waals surface area contributed by atoms with Gasteiger partial charge in [0.05, 0.1) is 31.8 Å².